The Bertz CT molecular complexity index is 712. The van der Waals surface area contributed by atoms with E-state index < -0.39 is 0 Å². The second-order valence-electron chi connectivity index (χ2n) is 4.21. The van der Waals surface area contributed by atoms with Gasteiger partial charge in [0.15, 0.2) is 6.61 Å². The van der Waals surface area contributed by atoms with E-state index in [9.17, 15) is 4.79 Å². The zero-order valence-electron chi connectivity index (χ0n) is 9.72. The van der Waals surface area contributed by atoms with Crippen LogP contribution in [0.15, 0.2) is 23.0 Å². The summed E-state index contributed by atoms with van der Waals surface area (Å²) >= 11 is 0. The summed E-state index contributed by atoms with van der Waals surface area (Å²) in [7, 11) is 0. The summed E-state index contributed by atoms with van der Waals surface area (Å²) in [6, 6.07) is 7.06. The molecule has 0 unspecified atom stereocenters. The lowest BCUT2D eigenvalue weighted by molar-refractivity contribution is 0.368. The smallest absolute Gasteiger partial charge is 0.261 e. The SMILES string of the molecule is N#CCOc1ccc2nc3n(c(=O)c2c1)CCC3. The molecule has 2 aromatic rings. The monoisotopic (exact) mass is 241 g/mol. The van der Waals surface area contributed by atoms with Crippen LogP contribution in [0.1, 0.15) is 12.2 Å². The first kappa shape index (κ1) is 10.8. The van der Waals surface area contributed by atoms with Gasteiger partial charge in [0.25, 0.3) is 5.56 Å². The van der Waals surface area contributed by atoms with Crippen LogP contribution in [-0.2, 0) is 13.0 Å². The van der Waals surface area contributed by atoms with E-state index in [0.717, 1.165) is 25.2 Å². The third-order valence-corrected chi connectivity index (χ3v) is 3.09. The number of benzene rings is 1. The molecule has 0 saturated heterocycles. The molecule has 0 fully saturated rings. The van der Waals surface area contributed by atoms with Crippen LogP contribution >= 0.6 is 0 Å². The lowest BCUT2D eigenvalue weighted by Gasteiger charge is -2.06. The van der Waals surface area contributed by atoms with Crippen molar-refractivity contribution in [3.8, 4) is 11.8 Å². The molecule has 0 saturated carbocycles. The van der Waals surface area contributed by atoms with Crippen LogP contribution in [0.4, 0.5) is 0 Å². The maximum atomic E-state index is 12.2. The lowest BCUT2D eigenvalue weighted by atomic mass is 10.2. The van der Waals surface area contributed by atoms with Crippen molar-refractivity contribution in [2.45, 2.75) is 19.4 Å². The van der Waals surface area contributed by atoms with Crippen LogP contribution in [-0.4, -0.2) is 16.2 Å². The van der Waals surface area contributed by atoms with Crippen molar-refractivity contribution >= 4 is 10.9 Å². The summed E-state index contributed by atoms with van der Waals surface area (Å²) in [6.07, 6.45) is 1.83. The van der Waals surface area contributed by atoms with Crippen molar-refractivity contribution in [2.75, 3.05) is 6.61 Å². The first-order chi connectivity index (χ1) is 8.79. The van der Waals surface area contributed by atoms with Crippen molar-refractivity contribution in [3.05, 3.63) is 34.4 Å². The highest BCUT2D eigenvalue weighted by atomic mass is 16.5. The molecule has 0 aliphatic carbocycles. The summed E-state index contributed by atoms with van der Waals surface area (Å²) in [6.45, 7) is 0.714. The lowest BCUT2D eigenvalue weighted by Crippen LogP contribution is -2.20. The van der Waals surface area contributed by atoms with Crippen LogP contribution in [0.3, 0.4) is 0 Å². The third-order valence-electron chi connectivity index (χ3n) is 3.09. The van der Waals surface area contributed by atoms with Crippen molar-refractivity contribution in [1.29, 1.82) is 5.26 Å². The maximum absolute atomic E-state index is 12.2. The highest BCUT2D eigenvalue weighted by Gasteiger charge is 2.16. The van der Waals surface area contributed by atoms with Crippen molar-refractivity contribution in [1.82, 2.24) is 9.55 Å². The van der Waals surface area contributed by atoms with Gasteiger partial charge in [0.1, 0.15) is 17.6 Å². The molecule has 0 radical (unpaired) electrons. The van der Waals surface area contributed by atoms with Crippen LogP contribution in [0.25, 0.3) is 10.9 Å². The summed E-state index contributed by atoms with van der Waals surface area (Å²) in [4.78, 5) is 16.7. The second kappa shape index (κ2) is 4.15. The highest BCUT2D eigenvalue weighted by molar-refractivity contribution is 5.79. The van der Waals surface area contributed by atoms with E-state index >= 15 is 0 Å². The molecule has 0 spiro atoms. The molecule has 1 aromatic heterocycles. The minimum atomic E-state index is -0.0226. The summed E-state index contributed by atoms with van der Waals surface area (Å²) < 4.78 is 6.92. The number of nitrogens with zero attached hydrogens (tertiary/aromatic N) is 3. The Balaban J connectivity index is 2.17. The maximum Gasteiger partial charge on any atom is 0.261 e. The van der Waals surface area contributed by atoms with Gasteiger partial charge in [-0.15, -0.1) is 0 Å². The fourth-order valence-electron chi connectivity index (χ4n) is 2.27. The van der Waals surface area contributed by atoms with Crippen molar-refractivity contribution in [2.24, 2.45) is 0 Å². The zero-order chi connectivity index (χ0) is 12.5. The van der Waals surface area contributed by atoms with Gasteiger partial charge in [0.05, 0.1) is 10.9 Å². The number of aryl methyl sites for hydroxylation is 1. The number of hydrogen-bond donors (Lipinski definition) is 0. The molecule has 0 bridgehead atoms. The Morgan fingerprint density at radius 2 is 2.39 bits per heavy atom. The number of rotatable bonds is 2. The van der Waals surface area contributed by atoms with Gasteiger partial charge in [-0.1, -0.05) is 0 Å². The average Bonchev–Trinajstić information content (AvgIpc) is 2.85. The number of hydrogen-bond acceptors (Lipinski definition) is 4. The molecular weight excluding hydrogens is 230 g/mol. The standard InChI is InChI=1S/C13H11N3O2/c14-5-7-18-9-3-4-11-10(8-9)13(17)16-6-1-2-12(16)15-11/h3-4,8H,1-2,6-7H2. The normalized spacial score (nSPS) is 13.3. The third kappa shape index (κ3) is 1.63. The fraction of sp³-hybridized carbons (Fsp3) is 0.308. The number of fused-ring (bicyclic) bond motifs is 2. The van der Waals surface area contributed by atoms with Crippen LogP contribution in [0, 0.1) is 11.3 Å². The van der Waals surface area contributed by atoms with Crippen LogP contribution < -0.4 is 10.3 Å². The topological polar surface area (TPSA) is 67.9 Å². The van der Waals surface area contributed by atoms with E-state index in [1.54, 1.807) is 22.8 Å². The van der Waals surface area contributed by atoms with Crippen LogP contribution in [0.5, 0.6) is 5.75 Å². The Labute approximate surface area is 103 Å². The molecule has 1 aromatic carbocycles. The van der Waals surface area contributed by atoms with Gasteiger partial charge < -0.3 is 4.74 Å². The molecule has 2 heterocycles. The molecule has 5 heteroatoms. The fourth-order valence-corrected chi connectivity index (χ4v) is 2.27. The summed E-state index contributed by atoms with van der Waals surface area (Å²) in [5.74, 6) is 1.39. The Kier molecular flexibility index (Phi) is 2.49. The predicted molar refractivity (Wildman–Crippen MR) is 65.4 cm³/mol. The van der Waals surface area contributed by atoms with Gasteiger partial charge in [-0.05, 0) is 24.6 Å². The second-order valence-corrected chi connectivity index (χ2v) is 4.21. The summed E-state index contributed by atoms with van der Waals surface area (Å²) in [5.41, 5.74) is 0.673. The average molecular weight is 241 g/mol. The quantitative estimate of drug-likeness (QED) is 0.793. The molecule has 18 heavy (non-hydrogen) atoms. The Morgan fingerprint density at radius 1 is 1.50 bits per heavy atom. The van der Waals surface area contributed by atoms with Gasteiger partial charge in [-0.2, -0.15) is 5.26 Å². The molecular formula is C13H11N3O2. The number of nitriles is 1. The van der Waals surface area contributed by atoms with Gasteiger partial charge >= 0.3 is 0 Å². The van der Waals surface area contributed by atoms with Gasteiger partial charge in [-0.3, -0.25) is 9.36 Å². The molecule has 0 atom stereocenters. The minimum Gasteiger partial charge on any atom is -0.479 e. The van der Waals surface area contributed by atoms with E-state index in [1.165, 1.54) is 0 Å². The zero-order valence-corrected chi connectivity index (χ0v) is 9.72. The van der Waals surface area contributed by atoms with E-state index in [1.807, 2.05) is 6.07 Å². The molecule has 0 N–H and O–H groups in total. The van der Waals surface area contributed by atoms with E-state index in [-0.39, 0.29) is 12.2 Å². The molecule has 5 nitrogen and oxygen atoms in total. The predicted octanol–water partition coefficient (Wildman–Crippen LogP) is 1.25. The van der Waals surface area contributed by atoms with E-state index in [4.69, 9.17) is 10.00 Å². The highest BCUT2D eigenvalue weighted by Crippen LogP contribution is 2.19. The molecule has 1 aliphatic heterocycles. The largest absolute Gasteiger partial charge is 0.479 e. The molecule has 3 rings (SSSR count). The molecule has 90 valence electrons. The first-order valence-electron chi connectivity index (χ1n) is 5.83. The van der Waals surface area contributed by atoms with Gasteiger partial charge in [-0.25, -0.2) is 4.98 Å². The Hall–Kier alpha value is -2.35. The van der Waals surface area contributed by atoms with E-state index in [0.29, 0.717) is 16.7 Å². The van der Waals surface area contributed by atoms with Crippen molar-refractivity contribution in [3.63, 3.8) is 0 Å². The summed E-state index contributed by atoms with van der Waals surface area (Å²) in [5, 5.41) is 9.02. The molecule has 0 amide bonds. The van der Waals surface area contributed by atoms with Crippen LogP contribution in [0.2, 0.25) is 0 Å². The van der Waals surface area contributed by atoms with Crippen molar-refractivity contribution < 1.29 is 4.74 Å². The molecule has 1 aliphatic rings. The first-order valence-corrected chi connectivity index (χ1v) is 5.83. The Morgan fingerprint density at radius 3 is 3.22 bits per heavy atom. The number of ether oxygens (including phenoxy) is 1. The van der Waals surface area contributed by atoms with E-state index in [2.05, 4.69) is 4.98 Å². The van der Waals surface area contributed by atoms with Gasteiger partial charge in [0, 0.05) is 13.0 Å². The number of aromatic nitrogens is 2. The van der Waals surface area contributed by atoms with Gasteiger partial charge in [0.2, 0.25) is 0 Å². The minimum absolute atomic E-state index is 0.0186.